The van der Waals surface area contributed by atoms with E-state index in [4.69, 9.17) is 17.3 Å². The van der Waals surface area contributed by atoms with Crippen LogP contribution in [0.1, 0.15) is 65.0 Å². The van der Waals surface area contributed by atoms with Crippen molar-refractivity contribution in [3.8, 4) is 5.69 Å². The second-order valence-electron chi connectivity index (χ2n) is 9.51. The maximum absolute atomic E-state index is 13.8. The summed E-state index contributed by atoms with van der Waals surface area (Å²) in [6.45, 7) is 7.46. The third kappa shape index (κ3) is 5.57. The van der Waals surface area contributed by atoms with Gasteiger partial charge in [-0.2, -0.15) is 0 Å². The highest BCUT2D eigenvalue weighted by molar-refractivity contribution is 6.30. The molecule has 0 bridgehead atoms. The Morgan fingerprint density at radius 2 is 1.70 bits per heavy atom. The molecule has 0 radical (unpaired) electrons. The Morgan fingerprint density at radius 1 is 1.03 bits per heavy atom. The van der Waals surface area contributed by atoms with Crippen LogP contribution in [-0.2, 0) is 9.59 Å². The Bertz CT molecular complexity index is 1320. The summed E-state index contributed by atoms with van der Waals surface area (Å²) in [7, 11) is 0. The van der Waals surface area contributed by atoms with E-state index in [2.05, 4.69) is 10.2 Å². The van der Waals surface area contributed by atoms with Gasteiger partial charge in [0.15, 0.2) is 5.78 Å². The number of aryl methyl sites for hydroxylation is 1. The first-order chi connectivity index (χ1) is 17.7. The van der Waals surface area contributed by atoms with Crippen molar-refractivity contribution in [2.45, 2.75) is 46.0 Å². The number of primary amides is 1. The summed E-state index contributed by atoms with van der Waals surface area (Å²) in [6, 6.07) is 14.9. The molecular weight excluding hydrogens is 488 g/mol. The van der Waals surface area contributed by atoms with Crippen molar-refractivity contribution in [3.05, 3.63) is 81.6 Å². The number of aromatic nitrogens is 1. The number of rotatable bonds is 9. The maximum atomic E-state index is 13.8. The fourth-order valence-corrected chi connectivity index (χ4v) is 5.19. The van der Waals surface area contributed by atoms with Crippen LogP contribution in [0.5, 0.6) is 0 Å². The molecule has 8 heteroatoms. The Kier molecular flexibility index (Phi) is 8.03. The summed E-state index contributed by atoms with van der Waals surface area (Å²) in [6.07, 6.45) is 2.43. The quantitative estimate of drug-likeness (QED) is 0.400. The van der Waals surface area contributed by atoms with E-state index in [0.717, 1.165) is 48.7 Å². The van der Waals surface area contributed by atoms with Gasteiger partial charge in [-0.1, -0.05) is 18.5 Å². The van der Waals surface area contributed by atoms with Gasteiger partial charge < -0.3 is 20.5 Å². The van der Waals surface area contributed by atoms with Crippen LogP contribution in [0.15, 0.2) is 48.5 Å². The summed E-state index contributed by atoms with van der Waals surface area (Å²) < 4.78 is 2.02. The van der Waals surface area contributed by atoms with Gasteiger partial charge in [0.25, 0.3) is 0 Å². The highest BCUT2D eigenvalue weighted by Gasteiger charge is 2.27. The Labute approximate surface area is 222 Å². The molecule has 7 nitrogen and oxygen atoms in total. The van der Waals surface area contributed by atoms with Crippen LogP contribution < -0.4 is 16.0 Å². The number of carbonyl (C=O) groups excluding carboxylic acids is 3. The van der Waals surface area contributed by atoms with Crippen molar-refractivity contribution in [3.63, 3.8) is 0 Å². The molecule has 0 aliphatic carbocycles. The molecule has 0 saturated carbocycles. The Morgan fingerprint density at radius 3 is 2.32 bits per heavy atom. The average Bonchev–Trinajstić information content (AvgIpc) is 3.52. The van der Waals surface area contributed by atoms with Crippen molar-refractivity contribution in [1.29, 1.82) is 0 Å². The number of amides is 2. The van der Waals surface area contributed by atoms with Gasteiger partial charge in [-0.25, -0.2) is 0 Å². The molecule has 1 aliphatic rings. The molecule has 1 atom stereocenters. The van der Waals surface area contributed by atoms with Gasteiger partial charge in [-0.3, -0.25) is 14.4 Å². The Hall–Kier alpha value is -3.58. The molecule has 2 heterocycles. The number of hydrogen-bond donors (Lipinski definition) is 2. The minimum absolute atomic E-state index is 0.0889. The summed E-state index contributed by atoms with van der Waals surface area (Å²) in [5, 5.41) is 3.44. The zero-order valence-electron chi connectivity index (χ0n) is 21.5. The summed E-state index contributed by atoms with van der Waals surface area (Å²) in [5.41, 5.74) is 11.1. The van der Waals surface area contributed by atoms with Crippen molar-refractivity contribution >= 4 is 34.9 Å². The molecule has 1 fully saturated rings. The fourth-order valence-electron chi connectivity index (χ4n) is 5.06. The second-order valence-corrected chi connectivity index (χ2v) is 9.94. The lowest BCUT2D eigenvalue weighted by atomic mass is 9.91. The normalized spacial score (nSPS) is 14.0. The molecule has 3 aromatic rings. The Balaban J connectivity index is 1.75. The van der Waals surface area contributed by atoms with Crippen molar-refractivity contribution in [1.82, 2.24) is 9.88 Å². The second kappa shape index (κ2) is 11.2. The van der Waals surface area contributed by atoms with Gasteiger partial charge in [0.2, 0.25) is 11.8 Å². The fraction of sp³-hybridized carbons (Fsp3) is 0.345. The van der Waals surface area contributed by atoms with Crippen molar-refractivity contribution in [2.24, 2.45) is 5.73 Å². The number of nitrogens with one attached hydrogen (secondary N) is 1. The number of halogens is 1. The highest BCUT2D eigenvalue weighted by atomic mass is 35.5. The predicted octanol–water partition coefficient (Wildman–Crippen LogP) is 4.67. The largest absolute Gasteiger partial charge is 0.371 e. The summed E-state index contributed by atoms with van der Waals surface area (Å²) in [4.78, 5) is 40.5. The van der Waals surface area contributed by atoms with Gasteiger partial charge in [0.05, 0.1) is 5.92 Å². The first kappa shape index (κ1) is 26.5. The van der Waals surface area contributed by atoms with Gasteiger partial charge in [0.1, 0.15) is 0 Å². The molecule has 1 unspecified atom stereocenters. The molecule has 37 heavy (non-hydrogen) atoms. The molecule has 194 valence electrons. The van der Waals surface area contributed by atoms with E-state index in [0.29, 0.717) is 28.1 Å². The smallest absolute Gasteiger partial charge is 0.226 e. The minimum atomic E-state index is -0.750. The maximum Gasteiger partial charge on any atom is 0.226 e. The first-order valence-corrected chi connectivity index (χ1v) is 13.0. The average molecular weight is 521 g/mol. The van der Waals surface area contributed by atoms with E-state index in [-0.39, 0.29) is 18.2 Å². The number of ketones is 1. The van der Waals surface area contributed by atoms with Crippen LogP contribution in [0.25, 0.3) is 5.69 Å². The van der Waals surface area contributed by atoms with Crippen LogP contribution in [0.3, 0.4) is 0 Å². The molecule has 0 spiro atoms. The number of anilines is 1. The van der Waals surface area contributed by atoms with Crippen LogP contribution >= 0.6 is 11.6 Å². The molecule has 1 aliphatic heterocycles. The molecule has 4 rings (SSSR count). The summed E-state index contributed by atoms with van der Waals surface area (Å²) >= 11 is 6.06. The lowest BCUT2D eigenvalue weighted by Crippen LogP contribution is -2.35. The monoisotopic (exact) mass is 520 g/mol. The molecule has 3 N–H and O–H groups in total. The highest BCUT2D eigenvalue weighted by Crippen LogP contribution is 2.33. The first-order valence-electron chi connectivity index (χ1n) is 12.7. The van der Waals surface area contributed by atoms with Crippen LogP contribution in [-0.4, -0.2) is 41.8 Å². The van der Waals surface area contributed by atoms with Gasteiger partial charge in [0, 0.05) is 65.0 Å². The van der Waals surface area contributed by atoms with E-state index < -0.39 is 11.8 Å². The SMILES string of the molecule is CCC(=O)NCC(C(N)=O)c1cc(C(=O)c2cc(C)n(-c3ccc(Cl)cc3)c2C)ccc1N1CCCC1. The zero-order chi connectivity index (χ0) is 26.7. The summed E-state index contributed by atoms with van der Waals surface area (Å²) in [5.74, 6) is -1.58. The third-order valence-electron chi connectivity index (χ3n) is 7.04. The minimum Gasteiger partial charge on any atom is -0.371 e. The van der Waals surface area contributed by atoms with Crippen molar-refractivity contribution in [2.75, 3.05) is 24.5 Å². The molecule has 2 amide bonds. The molecule has 2 aromatic carbocycles. The van der Waals surface area contributed by atoms with E-state index in [9.17, 15) is 14.4 Å². The van der Waals surface area contributed by atoms with Crippen LogP contribution in [0, 0.1) is 13.8 Å². The molecule has 1 saturated heterocycles. The van der Waals surface area contributed by atoms with Gasteiger partial charge in [-0.15, -0.1) is 0 Å². The lowest BCUT2D eigenvalue weighted by Gasteiger charge is -2.26. The standard InChI is InChI=1S/C29H33ClN4O3/c1-4-27(35)32-17-25(29(31)37)24-16-20(7-12-26(24)33-13-5-6-14-33)28(36)23-15-18(2)34(19(23)3)22-10-8-21(30)9-11-22/h7-12,15-16,25H,4-6,13-14,17H2,1-3H3,(H2,31,37)(H,32,35). The lowest BCUT2D eigenvalue weighted by molar-refractivity contribution is -0.121. The number of nitrogens with zero attached hydrogens (tertiary/aromatic N) is 2. The van der Waals surface area contributed by atoms with Crippen LogP contribution in [0.2, 0.25) is 5.02 Å². The van der Waals surface area contributed by atoms with E-state index in [1.165, 1.54) is 0 Å². The third-order valence-corrected chi connectivity index (χ3v) is 7.29. The number of hydrogen-bond acceptors (Lipinski definition) is 4. The zero-order valence-corrected chi connectivity index (χ0v) is 22.3. The number of nitrogens with two attached hydrogens (primary N) is 1. The molecular formula is C29H33ClN4O3. The van der Waals surface area contributed by atoms with Crippen molar-refractivity contribution < 1.29 is 14.4 Å². The van der Waals surface area contributed by atoms with E-state index >= 15 is 0 Å². The number of benzene rings is 2. The molecule has 1 aromatic heterocycles. The van der Waals surface area contributed by atoms with Crippen LogP contribution in [0.4, 0.5) is 5.69 Å². The van der Waals surface area contributed by atoms with E-state index in [1.54, 1.807) is 13.0 Å². The predicted molar refractivity (Wildman–Crippen MR) is 147 cm³/mol. The number of carbonyl (C=O) groups is 3. The topological polar surface area (TPSA) is 97.4 Å². The van der Waals surface area contributed by atoms with E-state index in [1.807, 2.05) is 60.9 Å². The van der Waals surface area contributed by atoms with Gasteiger partial charge in [-0.05, 0) is 80.8 Å². The van der Waals surface area contributed by atoms with Gasteiger partial charge >= 0.3 is 0 Å².